The predicted molar refractivity (Wildman–Crippen MR) is 147 cm³/mol. The van der Waals surface area contributed by atoms with Gasteiger partial charge in [0.2, 0.25) is 0 Å². The first kappa shape index (κ1) is 25.6. The van der Waals surface area contributed by atoms with Gasteiger partial charge in [-0.2, -0.15) is 0 Å². The molecule has 0 N–H and O–H groups in total. The van der Waals surface area contributed by atoms with Gasteiger partial charge in [0.1, 0.15) is 17.8 Å². The van der Waals surface area contributed by atoms with Crippen molar-refractivity contribution in [2.75, 3.05) is 18.5 Å². The first-order valence-electron chi connectivity index (χ1n) is 11.4. The van der Waals surface area contributed by atoms with Gasteiger partial charge in [0.25, 0.3) is 15.6 Å². The van der Waals surface area contributed by atoms with Gasteiger partial charge in [-0.1, -0.05) is 33.2 Å². The summed E-state index contributed by atoms with van der Waals surface area (Å²) in [6.07, 6.45) is 1.32. The van der Waals surface area contributed by atoms with E-state index in [0.717, 1.165) is 10.0 Å². The van der Waals surface area contributed by atoms with Crippen LogP contribution in [0.1, 0.15) is 5.56 Å². The number of sulfonamides is 1. The lowest BCUT2D eigenvalue weighted by Crippen LogP contribution is -2.31. The van der Waals surface area contributed by atoms with E-state index in [1.807, 2.05) is 0 Å². The molecular weight excluding hydrogens is 574 g/mol. The van der Waals surface area contributed by atoms with E-state index in [9.17, 15) is 13.2 Å². The van der Waals surface area contributed by atoms with Crippen molar-refractivity contribution in [2.45, 2.75) is 11.4 Å². The molecule has 194 valence electrons. The number of ether oxygens (including phenoxy) is 2. The van der Waals surface area contributed by atoms with Crippen molar-refractivity contribution in [3.05, 3.63) is 106 Å². The zero-order valence-electron chi connectivity index (χ0n) is 20.4. The number of fused-ring (bicyclic) bond motifs is 1. The number of halogens is 1. The molecule has 0 spiro atoms. The zero-order valence-corrected chi connectivity index (χ0v) is 22.8. The van der Waals surface area contributed by atoms with E-state index in [4.69, 9.17) is 14.0 Å². The Balaban J connectivity index is 1.61. The number of pyridine rings is 1. The Kier molecular flexibility index (Phi) is 6.96. The topological polar surface area (TPSA) is 104 Å². The summed E-state index contributed by atoms with van der Waals surface area (Å²) in [6.45, 7) is 0.0203. The van der Waals surface area contributed by atoms with Crippen LogP contribution in [0.2, 0.25) is 0 Å². The average Bonchev–Trinajstić information content (AvgIpc) is 3.46. The molecule has 0 aliphatic heterocycles. The maximum atomic E-state index is 13.9. The average molecular weight is 596 g/mol. The van der Waals surface area contributed by atoms with Gasteiger partial charge >= 0.3 is 0 Å². The van der Waals surface area contributed by atoms with Gasteiger partial charge in [-0.3, -0.25) is 9.36 Å². The third-order valence-electron chi connectivity index (χ3n) is 6.00. The normalized spacial score (nSPS) is 11.4. The minimum atomic E-state index is -4.07. The van der Waals surface area contributed by atoms with Crippen LogP contribution in [-0.4, -0.2) is 32.4 Å². The Hall–Kier alpha value is -4.09. The minimum Gasteiger partial charge on any atom is -0.497 e. The number of anilines is 1. The molecule has 0 aliphatic carbocycles. The van der Waals surface area contributed by atoms with Crippen LogP contribution in [0, 0.1) is 0 Å². The number of aromatic nitrogens is 2. The molecule has 11 heteroatoms. The third-order valence-corrected chi connectivity index (χ3v) is 8.24. The molecule has 38 heavy (non-hydrogen) atoms. The number of hydrogen-bond acceptors (Lipinski definition) is 7. The van der Waals surface area contributed by atoms with Gasteiger partial charge in [0.05, 0.1) is 36.9 Å². The van der Waals surface area contributed by atoms with E-state index in [1.54, 1.807) is 61.7 Å². The highest BCUT2D eigenvalue weighted by atomic mass is 79.9. The van der Waals surface area contributed by atoms with Crippen LogP contribution in [0.5, 0.6) is 11.5 Å². The van der Waals surface area contributed by atoms with E-state index < -0.39 is 10.0 Å². The fourth-order valence-corrected chi connectivity index (χ4v) is 5.89. The zero-order chi connectivity index (χ0) is 26.9. The highest BCUT2D eigenvalue weighted by Gasteiger charge is 2.28. The summed E-state index contributed by atoms with van der Waals surface area (Å²) in [4.78, 5) is 13.0. The molecule has 0 bridgehead atoms. The largest absolute Gasteiger partial charge is 0.497 e. The summed E-state index contributed by atoms with van der Waals surface area (Å²) >= 11 is 3.41. The van der Waals surface area contributed by atoms with Gasteiger partial charge in [0.15, 0.2) is 5.82 Å². The molecule has 5 rings (SSSR count). The number of hydrogen-bond donors (Lipinski definition) is 0. The van der Waals surface area contributed by atoms with E-state index in [0.29, 0.717) is 28.1 Å². The van der Waals surface area contributed by atoms with Crippen LogP contribution in [0.3, 0.4) is 0 Å². The molecule has 0 atom stereocenters. The van der Waals surface area contributed by atoms with Gasteiger partial charge in [-0.25, -0.2) is 12.7 Å². The fraction of sp³-hybridized carbons (Fsp3) is 0.111. The molecule has 0 fully saturated rings. The first-order valence-corrected chi connectivity index (χ1v) is 13.6. The predicted octanol–water partition coefficient (Wildman–Crippen LogP) is 5.15. The maximum absolute atomic E-state index is 13.9. The molecule has 5 aromatic rings. The second kappa shape index (κ2) is 10.3. The Bertz CT molecular complexity index is 1770. The quantitative estimate of drug-likeness (QED) is 0.244. The first-order chi connectivity index (χ1) is 18.3. The van der Waals surface area contributed by atoms with Crippen LogP contribution in [0.4, 0.5) is 5.82 Å². The molecule has 3 aromatic carbocycles. The number of methoxy groups -OCH3 is 2. The summed E-state index contributed by atoms with van der Waals surface area (Å²) < 4.78 is 46.9. The maximum Gasteiger partial charge on any atom is 0.265 e. The van der Waals surface area contributed by atoms with Crippen molar-refractivity contribution in [3.63, 3.8) is 0 Å². The minimum absolute atomic E-state index is 0.0203. The van der Waals surface area contributed by atoms with E-state index in [-0.39, 0.29) is 22.8 Å². The molecule has 0 saturated carbocycles. The summed E-state index contributed by atoms with van der Waals surface area (Å²) in [5, 5.41) is 4.43. The summed E-state index contributed by atoms with van der Waals surface area (Å²) in [5.74, 6) is 1.29. The van der Waals surface area contributed by atoms with Crippen LogP contribution in [-0.2, 0) is 16.6 Å². The van der Waals surface area contributed by atoms with Crippen LogP contribution in [0.15, 0.2) is 104 Å². The summed E-state index contributed by atoms with van der Waals surface area (Å²) in [6, 6.07) is 21.5. The molecule has 2 heterocycles. The van der Waals surface area contributed by atoms with E-state index >= 15 is 0 Å². The lowest BCUT2D eigenvalue weighted by atomic mass is 10.2. The Morgan fingerprint density at radius 1 is 0.947 bits per heavy atom. The van der Waals surface area contributed by atoms with Crippen molar-refractivity contribution in [2.24, 2.45) is 0 Å². The lowest BCUT2D eigenvalue weighted by molar-refractivity contribution is 0.412. The molecule has 0 radical (unpaired) electrons. The van der Waals surface area contributed by atoms with Crippen molar-refractivity contribution < 1.29 is 22.4 Å². The van der Waals surface area contributed by atoms with Gasteiger partial charge < -0.3 is 14.0 Å². The molecule has 9 nitrogen and oxygen atoms in total. The van der Waals surface area contributed by atoms with Crippen LogP contribution < -0.4 is 19.3 Å². The third kappa shape index (κ3) is 4.77. The van der Waals surface area contributed by atoms with E-state index in [2.05, 4.69) is 21.1 Å². The van der Waals surface area contributed by atoms with Gasteiger partial charge in [-0.15, -0.1) is 0 Å². The smallest absolute Gasteiger partial charge is 0.265 e. The highest BCUT2D eigenvalue weighted by Crippen LogP contribution is 2.31. The van der Waals surface area contributed by atoms with Crippen molar-refractivity contribution >= 4 is 42.7 Å². The van der Waals surface area contributed by atoms with Crippen LogP contribution in [0.25, 0.3) is 16.6 Å². The van der Waals surface area contributed by atoms with Crippen molar-refractivity contribution in [1.82, 2.24) is 9.72 Å². The highest BCUT2D eigenvalue weighted by molar-refractivity contribution is 9.10. The molecule has 0 amide bonds. The van der Waals surface area contributed by atoms with Crippen molar-refractivity contribution in [1.29, 1.82) is 0 Å². The molecule has 0 saturated heterocycles. The number of nitrogens with zero attached hydrogens (tertiary/aromatic N) is 3. The SMILES string of the molecule is COc1ccc(CN(c2ccon2)S(=O)(=O)c2ccc3c(ccc(=O)n3-c3ccc(Br)cc3OC)c2)cc1. The number of benzene rings is 3. The molecule has 2 aromatic heterocycles. The van der Waals surface area contributed by atoms with Gasteiger partial charge in [0, 0.05) is 22.0 Å². The Morgan fingerprint density at radius 2 is 1.74 bits per heavy atom. The summed E-state index contributed by atoms with van der Waals surface area (Å²) in [7, 11) is -0.990. The lowest BCUT2D eigenvalue weighted by Gasteiger charge is -2.22. The van der Waals surface area contributed by atoms with Gasteiger partial charge in [-0.05, 0) is 60.2 Å². The molecular formula is C27H22BrN3O6S. The fourth-order valence-electron chi connectivity index (χ4n) is 4.12. The number of rotatable bonds is 8. The Morgan fingerprint density at radius 3 is 2.42 bits per heavy atom. The molecule has 0 aliphatic rings. The van der Waals surface area contributed by atoms with Crippen LogP contribution >= 0.6 is 15.9 Å². The standard InChI is InChI=1S/C27H22BrN3O6S/c1-35-21-7-3-18(4-8-21)17-30(26-13-14-37-29-26)38(33,34)22-9-11-23-19(15-22)5-12-27(32)31(23)24-10-6-20(28)16-25(24)36-2/h3-16H,17H2,1-2H3. The van der Waals surface area contributed by atoms with E-state index in [1.165, 1.54) is 46.5 Å². The van der Waals surface area contributed by atoms with Crippen molar-refractivity contribution in [3.8, 4) is 17.2 Å². The second-order valence-electron chi connectivity index (χ2n) is 8.26. The molecule has 0 unspecified atom stereocenters. The monoisotopic (exact) mass is 595 g/mol. The summed E-state index contributed by atoms with van der Waals surface area (Å²) in [5.41, 5.74) is 1.51. The Labute approximate surface area is 227 Å². The second-order valence-corrected chi connectivity index (χ2v) is 11.0.